The van der Waals surface area contributed by atoms with Gasteiger partial charge in [0.15, 0.2) is 0 Å². The molecule has 0 N–H and O–H groups in total. The van der Waals surface area contributed by atoms with Crippen LogP contribution in [0.5, 0.6) is 11.5 Å². The van der Waals surface area contributed by atoms with Gasteiger partial charge in [0.05, 0.1) is 40.4 Å². The van der Waals surface area contributed by atoms with Crippen LogP contribution in [0, 0.1) is 24.0 Å². The molecule has 0 aliphatic carbocycles. The van der Waals surface area contributed by atoms with Crippen LogP contribution in [-0.4, -0.2) is 28.1 Å². The van der Waals surface area contributed by atoms with Crippen LogP contribution >= 0.6 is 0 Å². The number of aromatic nitrogens is 2. The van der Waals surface area contributed by atoms with Crippen molar-refractivity contribution in [2.45, 2.75) is 13.8 Å². The van der Waals surface area contributed by atoms with Gasteiger partial charge >= 0.3 is 11.7 Å². The highest BCUT2D eigenvalue weighted by Gasteiger charge is 2.24. The molecule has 0 bridgehead atoms. The van der Waals surface area contributed by atoms with E-state index in [1.165, 1.54) is 25.3 Å². The van der Waals surface area contributed by atoms with Crippen molar-refractivity contribution in [1.29, 1.82) is 0 Å². The Labute approximate surface area is 176 Å². The number of nitro groups is 1. The van der Waals surface area contributed by atoms with Crippen molar-refractivity contribution in [2.24, 2.45) is 0 Å². The summed E-state index contributed by atoms with van der Waals surface area (Å²) in [7, 11) is 1.39. The Bertz CT molecular complexity index is 1310. The number of fused-ring (bicyclic) bond motifs is 1. The lowest BCUT2D eigenvalue weighted by Gasteiger charge is -2.09. The van der Waals surface area contributed by atoms with Crippen LogP contribution in [0.15, 0.2) is 53.1 Å². The summed E-state index contributed by atoms with van der Waals surface area (Å²) in [6.07, 6.45) is 0. The second-order valence-corrected chi connectivity index (χ2v) is 6.85. The number of hydrogen-bond donors (Lipinski definition) is 0. The highest BCUT2D eigenvalue weighted by atomic mass is 16.6. The number of carbonyl (C=O) groups excluding carboxylic acids is 1. The molecule has 4 rings (SSSR count). The maximum Gasteiger partial charge on any atom is 0.344 e. The zero-order valence-corrected chi connectivity index (χ0v) is 16.9. The van der Waals surface area contributed by atoms with Crippen LogP contribution < -0.4 is 9.47 Å². The van der Waals surface area contributed by atoms with Crippen LogP contribution in [0.2, 0.25) is 0 Å². The van der Waals surface area contributed by atoms with Gasteiger partial charge in [-0.15, -0.1) is 0 Å². The number of nitro benzene ring substituents is 1. The molecule has 31 heavy (non-hydrogen) atoms. The summed E-state index contributed by atoms with van der Waals surface area (Å²) in [4.78, 5) is 28.3. The molecule has 9 nitrogen and oxygen atoms in total. The molecule has 0 aliphatic heterocycles. The molecule has 0 spiro atoms. The lowest BCUT2D eigenvalue weighted by molar-refractivity contribution is -0.385. The standard InChI is InChI=1S/C22H17N3O6/c1-12-4-6-14(7-5-12)17-11-16(20-13(2)24-31-21(20)23-17)22(26)30-19-9-8-15(29-3)10-18(19)25(27)28/h4-11H,1-3H3. The van der Waals surface area contributed by atoms with E-state index in [-0.39, 0.29) is 22.8 Å². The zero-order chi connectivity index (χ0) is 22.1. The fourth-order valence-electron chi connectivity index (χ4n) is 3.14. The second-order valence-electron chi connectivity index (χ2n) is 6.85. The minimum absolute atomic E-state index is 0.143. The van der Waals surface area contributed by atoms with Crippen molar-refractivity contribution in [3.05, 3.63) is 75.5 Å². The van der Waals surface area contributed by atoms with Crippen LogP contribution in [0.4, 0.5) is 5.69 Å². The number of esters is 1. The number of pyridine rings is 1. The number of carbonyl (C=O) groups is 1. The molecule has 0 atom stereocenters. The minimum atomic E-state index is -0.791. The summed E-state index contributed by atoms with van der Waals surface area (Å²) < 4.78 is 15.7. The van der Waals surface area contributed by atoms with Crippen molar-refractivity contribution in [2.75, 3.05) is 7.11 Å². The number of methoxy groups -OCH3 is 1. The smallest absolute Gasteiger partial charge is 0.344 e. The molecule has 0 amide bonds. The molecular formula is C22H17N3O6. The lowest BCUT2D eigenvalue weighted by atomic mass is 10.0. The van der Waals surface area contributed by atoms with E-state index in [1.807, 2.05) is 31.2 Å². The zero-order valence-electron chi connectivity index (χ0n) is 16.9. The van der Waals surface area contributed by atoms with E-state index in [0.29, 0.717) is 16.8 Å². The van der Waals surface area contributed by atoms with E-state index in [9.17, 15) is 14.9 Å². The summed E-state index contributed by atoms with van der Waals surface area (Å²) >= 11 is 0. The normalized spacial score (nSPS) is 10.8. The molecule has 0 aliphatic rings. The molecule has 0 unspecified atom stereocenters. The first-order valence-electron chi connectivity index (χ1n) is 9.26. The Morgan fingerprint density at radius 3 is 2.52 bits per heavy atom. The molecule has 0 fully saturated rings. The van der Waals surface area contributed by atoms with Gasteiger partial charge in [-0.05, 0) is 32.0 Å². The van der Waals surface area contributed by atoms with Gasteiger partial charge in [-0.1, -0.05) is 35.0 Å². The number of ether oxygens (including phenoxy) is 2. The molecule has 0 saturated heterocycles. The molecule has 2 aromatic heterocycles. The van der Waals surface area contributed by atoms with E-state index < -0.39 is 16.6 Å². The number of hydrogen-bond acceptors (Lipinski definition) is 8. The molecular weight excluding hydrogens is 402 g/mol. The van der Waals surface area contributed by atoms with Crippen molar-refractivity contribution in [3.63, 3.8) is 0 Å². The van der Waals surface area contributed by atoms with Crippen molar-refractivity contribution < 1.29 is 23.7 Å². The first-order valence-corrected chi connectivity index (χ1v) is 9.26. The van der Waals surface area contributed by atoms with Gasteiger partial charge in [-0.3, -0.25) is 10.1 Å². The van der Waals surface area contributed by atoms with E-state index in [2.05, 4.69) is 10.1 Å². The molecule has 2 heterocycles. The number of nitrogens with zero attached hydrogens (tertiary/aromatic N) is 3. The molecule has 4 aromatic rings. The fraction of sp³-hybridized carbons (Fsp3) is 0.136. The predicted octanol–water partition coefficient (Wildman–Crippen LogP) is 4.64. The Balaban J connectivity index is 1.80. The SMILES string of the molecule is COc1ccc(OC(=O)c2cc(-c3ccc(C)cc3)nc3onc(C)c23)c([N+](=O)[O-])c1. The largest absolute Gasteiger partial charge is 0.496 e. The van der Waals surface area contributed by atoms with Crippen LogP contribution in [-0.2, 0) is 0 Å². The van der Waals surface area contributed by atoms with E-state index in [1.54, 1.807) is 13.0 Å². The summed E-state index contributed by atoms with van der Waals surface area (Å²) in [6, 6.07) is 13.1. The Hall–Kier alpha value is -4.27. The van der Waals surface area contributed by atoms with Crippen LogP contribution in [0.3, 0.4) is 0 Å². The molecule has 0 radical (unpaired) electrons. The van der Waals surface area contributed by atoms with Crippen LogP contribution in [0.1, 0.15) is 21.6 Å². The second kappa shape index (κ2) is 7.86. The quantitative estimate of drug-likeness (QED) is 0.199. The number of aryl methyl sites for hydroxylation is 2. The average molecular weight is 419 g/mol. The maximum absolute atomic E-state index is 13.1. The lowest BCUT2D eigenvalue weighted by Crippen LogP contribution is -2.11. The van der Waals surface area contributed by atoms with Gasteiger partial charge in [0.2, 0.25) is 5.75 Å². The number of benzene rings is 2. The molecule has 156 valence electrons. The summed E-state index contributed by atoms with van der Waals surface area (Å²) in [5, 5.41) is 15.7. The van der Waals surface area contributed by atoms with Crippen LogP contribution in [0.25, 0.3) is 22.4 Å². The van der Waals surface area contributed by atoms with Gasteiger partial charge < -0.3 is 14.0 Å². The Morgan fingerprint density at radius 1 is 1.10 bits per heavy atom. The van der Waals surface area contributed by atoms with Gasteiger partial charge in [-0.25, -0.2) is 9.78 Å². The van der Waals surface area contributed by atoms with Crippen molar-refractivity contribution >= 4 is 22.8 Å². The molecule has 2 aromatic carbocycles. The van der Waals surface area contributed by atoms with E-state index in [0.717, 1.165) is 11.1 Å². The van der Waals surface area contributed by atoms with E-state index in [4.69, 9.17) is 14.0 Å². The Morgan fingerprint density at radius 2 is 1.84 bits per heavy atom. The first-order chi connectivity index (χ1) is 14.9. The average Bonchev–Trinajstić information content (AvgIpc) is 3.14. The number of rotatable bonds is 5. The predicted molar refractivity (Wildman–Crippen MR) is 111 cm³/mol. The third-order valence-electron chi connectivity index (χ3n) is 4.75. The van der Waals surface area contributed by atoms with Gasteiger partial charge in [0.1, 0.15) is 5.75 Å². The van der Waals surface area contributed by atoms with Gasteiger partial charge in [0, 0.05) is 5.56 Å². The van der Waals surface area contributed by atoms with Crippen molar-refractivity contribution in [1.82, 2.24) is 10.1 Å². The first kappa shape index (κ1) is 20.0. The van der Waals surface area contributed by atoms with Gasteiger partial charge in [0.25, 0.3) is 5.71 Å². The van der Waals surface area contributed by atoms with Gasteiger partial charge in [-0.2, -0.15) is 0 Å². The fourth-order valence-corrected chi connectivity index (χ4v) is 3.14. The Kier molecular flexibility index (Phi) is 5.08. The summed E-state index contributed by atoms with van der Waals surface area (Å²) in [5.41, 5.74) is 2.71. The maximum atomic E-state index is 13.1. The van der Waals surface area contributed by atoms with E-state index >= 15 is 0 Å². The van der Waals surface area contributed by atoms with Crippen molar-refractivity contribution in [3.8, 4) is 22.8 Å². The third-order valence-corrected chi connectivity index (χ3v) is 4.75. The molecule has 0 saturated carbocycles. The summed E-state index contributed by atoms with van der Waals surface area (Å²) in [5.74, 6) is -0.721. The third kappa shape index (κ3) is 3.80. The summed E-state index contributed by atoms with van der Waals surface area (Å²) in [6.45, 7) is 3.64. The highest BCUT2D eigenvalue weighted by Crippen LogP contribution is 2.33. The minimum Gasteiger partial charge on any atom is -0.496 e. The monoisotopic (exact) mass is 419 g/mol. The highest BCUT2D eigenvalue weighted by molar-refractivity contribution is 6.05. The topological polar surface area (TPSA) is 118 Å². The molecule has 9 heteroatoms.